The van der Waals surface area contributed by atoms with Gasteiger partial charge in [0.05, 0.1) is 21.7 Å². The fourth-order valence-electron chi connectivity index (χ4n) is 3.20. The molecule has 132 valence electrons. The number of benzene rings is 1. The summed E-state index contributed by atoms with van der Waals surface area (Å²) in [5, 5.41) is 5.85. The summed E-state index contributed by atoms with van der Waals surface area (Å²) in [5.74, 6) is -0.546. The summed E-state index contributed by atoms with van der Waals surface area (Å²) in [6.07, 6.45) is 0. The Morgan fingerprint density at radius 1 is 1.23 bits per heavy atom. The first kappa shape index (κ1) is 16.7. The standard InChI is InChI=1S/C19H18N4O2S/c20-18(24)16-11-23(8-7-21-16)19(25)13-10-15(17-6-3-9-26-17)22-14-5-2-1-4-12(13)14/h1-6,9-10,16,21H,7-8,11H2,(H2,20,24)/t16-/m1/s1. The number of fused-ring (bicyclic) bond motifs is 1. The topological polar surface area (TPSA) is 88.3 Å². The maximum absolute atomic E-state index is 13.2. The van der Waals surface area contributed by atoms with Gasteiger partial charge in [0.15, 0.2) is 0 Å². The van der Waals surface area contributed by atoms with Crippen molar-refractivity contribution in [1.29, 1.82) is 0 Å². The molecule has 3 N–H and O–H groups in total. The number of nitrogens with two attached hydrogens (primary N) is 1. The first-order chi connectivity index (χ1) is 12.6. The minimum atomic E-state index is -0.516. The predicted molar refractivity (Wildman–Crippen MR) is 102 cm³/mol. The van der Waals surface area contributed by atoms with Gasteiger partial charge in [0.25, 0.3) is 5.91 Å². The molecule has 26 heavy (non-hydrogen) atoms. The molecular weight excluding hydrogens is 348 g/mol. The third kappa shape index (κ3) is 3.07. The predicted octanol–water partition coefficient (Wildman–Crippen LogP) is 1.86. The highest BCUT2D eigenvalue weighted by Gasteiger charge is 2.28. The van der Waals surface area contributed by atoms with Crippen molar-refractivity contribution >= 4 is 34.1 Å². The SMILES string of the molecule is NC(=O)[C@H]1CN(C(=O)c2cc(-c3cccs3)nc3ccccc23)CCN1. The molecule has 2 aromatic heterocycles. The molecule has 6 nitrogen and oxygen atoms in total. The largest absolute Gasteiger partial charge is 0.368 e. The van der Waals surface area contributed by atoms with E-state index in [1.54, 1.807) is 16.2 Å². The van der Waals surface area contributed by atoms with Crippen LogP contribution in [0.15, 0.2) is 47.8 Å². The molecule has 0 radical (unpaired) electrons. The number of para-hydroxylation sites is 1. The van der Waals surface area contributed by atoms with Gasteiger partial charge in [-0.25, -0.2) is 4.98 Å². The number of piperazine rings is 1. The lowest BCUT2D eigenvalue weighted by Gasteiger charge is -2.32. The number of hydrogen-bond donors (Lipinski definition) is 2. The number of primary amides is 1. The number of hydrogen-bond acceptors (Lipinski definition) is 5. The molecule has 1 atom stereocenters. The van der Waals surface area contributed by atoms with Gasteiger partial charge in [-0.05, 0) is 23.6 Å². The molecule has 3 heterocycles. The molecule has 1 aromatic carbocycles. The van der Waals surface area contributed by atoms with Gasteiger partial charge >= 0.3 is 0 Å². The van der Waals surface area contributed by atoms with Crippen molar-refractivity contribution in [3.63, 3.8) is 0 Å². The second-order valence-electron chi connectivity index (χ2n) is 6.21. The highest BCUT2D eigenvalue weighted by atomic mass is 32.1. The Morgan fingerprint density at radius 3 is 2.85 bits per heavy atom. The molecule has 7 heteroatoms. The Kier molecular flexibility index (Phi) is 4.40. The van der Waals surface area contributed by atoms with E-state index in [2.05, 4.69) is 5.32 Å². The van der Waals surface area contributed by atoms with Gasteiger partial charge in [0.2, 0.25) is 5.91 Å². The first-order valence-corrected chi connectivity index (χ1v) is 9.27. The molecule has 0 spiro atoms. The Bertz CT molecular complexity index is 971. The zero-order valence-corrected chi connectivity index (χ0v) is 14.8. The first-order valence-electron chi connectivity index (χ1n) is 8.39. The quantitative estimate of drug-likeness (QED) is 0.741. The van der Waals surface area contributed by atoms with Gasteiger partial charge < -0.3 is 16.0 Å². The Hall–Kier alpha value is -2.77. The molecule has 0 unspecified atom stereocenters. The van der Waals surface area contributed by atoms with Gasteiger partial charge in [-0.1, -0.05) is 24.3 Å². The Balaban J connectivity index is 1.77. The van der Waals surface area contributed by atoms with E-state index in [4.69, 9.17) is 10.7 Å². The third-order valence-electron chi connectivity index (χ3n) is 4.53. The molecule has 0 bridgehead atoms. The van der Waals surface area contributed by atoms with Crippen LogP contribution in [0, 0.1) is 0 Å². The average molecular weight is 366 g/mol. The molecule has 0 saturated carbocycles. The van der Waals surface area contributed by atoms with Crippen molar-refractivity contribution in [2.75, 3.05) is 19.6 Å². The number of nitrogens with zero attached hydrogens (tertiary/aromatic N) is 2. The number of amides is 2. The summed E-state index contributed by atoms with van der Waals surface area (Å²) in [7, 11) is 0. The Labute approximate surface area is 154 Å². The van der Waals surface area contributed by atoms with Crippen LogP contribution < -0.4 is 11.1 Å². The molecule has 2 amide bonds. The maximum atomic E-state index is 13.2. The minimum absolute atomic E-state index is 0.103. The van der Waals surface area contributed by atoms with Gasteiger partial charge in [-0.3, -0.25) is 9.59 Å². The molecule has 0 aliphatic carbocycles. The Morgan fingerprint density at radius 2 is 2.08 bits per heavy atom. The number of aromatic nitrogens is 1. The second kappa shape index (κ2) is 6.86. The van der Waals surface area contributed by atoms with Crippen LogP contribution in [0.2, 0.25) is 0 Å². The van der Waals surface area contributed by atoms with E-state index in [1.807, 2.05) is 47.8 Å². The fraction of sp³-hybridized carbons (Fsp3) is 0.211. The molecule has 4 rings (SSSR count). The summed E-state index contributed by atoms with van der Waals surface area (Å²) >= 11 is 1.59. The van der Waals surface area contributed by atoms with Crippen LogP contribution in [0.4, 0.5) is 0 Å². The number of pyridine rings is 1. The summed E-state index contributed by atoms with van der Waals surface area (Å²) in [4.78, 5) is 32.1. The minimum Gasteiger partial charge on any atom is -0.368 e. The van der Waals surface area contributed by atoms with E-state index >= 15 is 0 Å². The van der Waals surface area contributed by atoms with Gasteiger partial charge in [0, 0.05) is 25.0 Å². The molecule has 1 aliphatic heterocycles. The van der Waals surface area contributed by atoms with Crippen LogP contribution in [0.5, 0.6) is 0 Å². The molecule has 3 aromatic rings. The van der Waals surface area contributed by atoms with Crippen LogP contribution >= 0.6 is 11.3 Å². The molecule has 1 saturated heterocycles. The van der Waals surface area contributed by atoms with Crippen molar-refractivity contribution in [2.45, 2.75) is 6.04 Å². The van der Waals surface area contributed by atoms with Gasteiger partial charge in [-0.2, -0.15) is 0 Å². The van der Waals surface area contributed by atoms with Crippen molar-refractivity contribution < 1.29 is 9.59 Å². The monoisotopic (exact) mass is 366 g/mol. The van der Waals surface area contributed by atoms with E-state index in [-0.39, 0.29) is 12.5 Å². The average Bonchev–Trinajstić information content (AvgIpc) is 3.21. The fourth-order valence-corrected chi connectivity index (χ4v) is 3.88. The van der Waals surface area contributed by atoms with E-state index in [9.17, 15) is 9.59 Å². The van der Waals surface area contributed by atoms with Crippen molar-refractivity contribution in [3.05, 3.63) is 53.4 Å². The van der Waals surface area contributed by atoms with Crippen LogP contribution in [0.3, 0.4) is 0 Å². The summed E-state index contributed by atoms with van der Waals surface area (Å²) < 4.78 is 0. The zero-order chi connectivity index (χ0) is 18.1. The van der Waals surface area contributed by atoms with E-state index < -0.39 is 11.9 Å². The van der Waals surface area contributed by atoms with Gasteiger partial charge in [-0.15, -0.1) is 11.3 Å². The van der Waals surface area contributed by atoms with E-state index in [0.29, 0.717) is 18.7 Å². The normalized spacial score (nSPS) is 17.4. The lowest BCUT2D eigenvalue weighted by Crippen LogP contribution is -2.57. The number of thiophene rings is 1. The number of nitrogens with one attached hydrogen (secondary N) is 1. The van der Waals surface area contributed by atoms with Crippen LogP contribution in [-0.4, -0.2) is 47.4 Å². The molecule has 1 fully saturated rings. The van der Waals surface area contributed by atoms with Crippen molar-refractivity contribution in [1.82, 2.24) is 15.2 Å². The highest BCUT2D eigenvalue weighted by molar-refractivity contribution is 7.13. The second-order valence-corrected chi connectivity index (χ2v) is 7.16. The van der Waals surface area contributed by atoms with Crippen LogP contribution in [-0.2, 0) is 4.79 Å². The van der Waals surface area contributed by atoms with Gasteiger partial charge in [0.1, 0.15) is 6.04 Å². The summed E-state index contributed by atoms with van der Waals surface area (Å²) in [6.45, 7) is 1.35. The molecular formula is C19H18N4O2S. The smallest absolute Gasteiger partial charge is 0.254 e. The van der Waals surface area contributed by atoms with E-state index in [0.717, 1.165) is 21.5 Å². The van der Waals surface area contributed by atoms with Crippen LogP contribution in [0.1, 0.15) is 10.4 Å². The summed E-state index contributed by atoms with van der Waals surface area (Å²) in [6, 6.07) is 12.9. The van der Waals surface area contributed by atoms with Crippen LogP contribution in [0.25, 0.3) is 21.5 Å². The highest BCUT2D eigenvalue weighted by Crippen LogP contribution is 2.28. The third-order valence-corrected chi connectivity index (χ3v) is 5.42. The maximum Gasteiger partial charge on any atom is 0.254 e. The number of carbonyl (C=O) groups is 2. The van der Waals surface area contributed by atoms with E-state index in [1.165, 1.54) is 0 Å². The number of carbonyl (C=O) groups excluding carboxylic acids is 2. The lowest BCUT2D eigenvalue weighted by atomic mass is 10.0. The van der Waals surface area contributed by atoms with Crippen molar-refractivity contribution in [2.24, 2.45) is 5.73 Å². The molecule has 1 aliphatic rings. The lowest BCUT2D eigenvalue weighted by molar-refractivity contribution is -0.120. The number of rotatable bonds is 3. The zero-order valence-electron chi connectivity index (χ0n) is 14.0. The summed E-state index contributed by atoms with van der Waals surface area (Å²) in [5.41, 5.74) is 7.56. The van der Waals surface area contributed by atoms with Crippen molar-refractivity contribution in [3.8, 4) is 10.6 Å².